The highest BCUT2D eigenvalue weighted by atomic mass is 32.2. The van der Waals surface area contributed by atoms with Gasteiger partial charge >= 0.3 is 0 Å². The van der Waals surface area contributed by atoms with Crippen LogP contribution in [0.5, 0.6) is 0 Å². The normalized spacial score (nSPS) is 13.7. The summed E-state index contributed by atoms with van der Waals surface area (Å²) in [6.07, 6.45) is 7.44. The average Bonchev–Trinajstić information content (AvgIpc) is 3.48. The van der Waals surface area contributed by atoms with E-state index in [2.05, 4.69) is 24.0 Å². The number of carbonyl (C=O) groups excluding carboxylic acids is 1. The number of thioether (sulfide) groups is 1. The number of fused-ring (bicyclic) bond motifs is 7. The van der Waals surface area contributed by atoms with E-state index in [1.165, 1.54) is 46.8 Å². The van der Waals surface area contributed by atoms with Gasteiger partial charge in [-0.15, -0.1) is 21.5 Å². The van der Waals surface area contributed by atoms with Crippen LogP contribution in [0.25, 0.3) is 26.1 Å². The van der Waals surface area contributed by atoms with Crippen LogP contribution in [0.2, 0.25) is 0 Å². The summed E-state index contributed by atoms with van der Waals surface area (Å²) in [6.45, 7) is 4.52. The third-order valence-electron chi connectivity index (χ3n) is 6.83. The highest BCUT2D eigenvalue weighted by Gasteiger charge is 2.24. The van der Waals surface area contributed by atoms with Crippen LogP contribution in [0, 0.1) is 5.92 Å². The number of hydrogen-bond donors (Lipinski definition) is 0. The molecule has 0 saturated carbocycles. The van der Waals surface area contributed by atoms with Gasteiger partial charge in [-0.1, -0.05) is 43.8 Å². The first-order chi connectivity index (χ1) is 17.5. The van der Waals surface area contributed by atoms with E-state index in [0.717, 1.165) is 45.6 Å². The molecule has 6 rings (SSSR count). The molecule has 1 aliphatic rings. The van der Waals surface area contributed by atoms with E-state index >= 15 is 0 Å². The molecule has 0 fully saturated rings. The molecular formula is C27H28N6OS2. The molecule has 184 valence electrons. The van der Waals surface area contributed by atoms with Crippen molar-refractivity contribution in [2.45, 2.75) is 51.1 Å². The van der Waals surface area contributed by atoms with E-state index in [4.69, 9.17) is 9.97 Å². The second-order valence-electron chi connectivity index (χ2n) is 9.78. The Morgan fingerprint density at radius 3 is 2.69 bits per heavy atom. The van der Waals surface area contributed by atoms with Crippen LogP contribution < -0.4 is 4.90 Å². The number of para-hydroxylation sites is 1. The maximum Gasteiger partial charge on any atom is 0.237 e. The molecule has 0 atom stereocenters. The van der Waals surface area contributed by atoms with Crippen molar-refractivity contribution in [3.8, 4) is 0 Å². The van der Waals surface area contributed by atoms with Gasteiger partial charge in [-0.3, -0.25) is 9.20 Å². The average molecular weight is 517 g/mol. The summed E-state index contributed by atoms with van der Waals surface area (Å²) in [5, 5.41) is 10.8. The molecule has 5 aromatic rings. The zero-order valence-corrected chi connectivity index (χ0v) is 22.3. The molecule has 0 radical (unpaired) electrons. The number of nitrogens with zero attached hydrogens (tertiary/aromatic N) is 6. The number of thiophene rings is 1. The second-order valence-corrected chi connectivity index (χ2v) is 11.7. The Balaban J connectivity index is 1.36. The van der Waals surface area contributed by atoms with Crippen molar-refractivity contribution in [1.29, 1.82) is 0 Å². The van der Waals surface area contributed by atoms with Gasteiger partial charge in [0, 0.05) is 23.8 Å². The van der Waals surface area contributed by atoms with Crippen LogP contribution in [-0.4, -0.2) is 43.3 Å². The Labute approximate surface area is 218 Å². The zero-order chi connectivity index (χ0) is 24.8. The molecule has 1 aliphatic carbocycles. The maximum atomic E-state index is 12.8. The summed E-state index contributed by atoms with van der Waals surface area (Å²) < 4.78 is 2.92. The molecule has 0 saturated heterocycles. The number of pyridine rings is 1. The van der Waals surface area contributed by atoms with E-state index in [1.807, 2.05) is 34.7 Å². The van der Waals surface area contributed by atoms with Gasteiger partial charge in [0.2, 0.25) is 5.91 Å². The zero-order valence-electron chi connectivity index (χ0n) is 20.7. The lowest BCUT2D eigenvalue weighted by atomic mass is 9.87. The predicted molar refractivity (Wildman–Crippen MR) is 147 cm³/mol. The van der Waals surface area contributed by atoms with Crippen LogP contribution in [-0.2, 0) is 24.1 Å². The van der Waals surface area contributed by atoms with Gasteiger partial charge in [0.05, 0.1) is 11.3 Å². The molecule has 7 nitrogen and oxygen atoms in total. The summed E-state index contributed by atoms with van der Waals surface area (Å²) in [6, 6.07) is 9.65. The van der Waals surface area contributed by atoms with E-state index < -0.39 is 0 Å². The van der Waals surface area contributed by atoms with E-state index in [-0.39, 0.29) is 11.7 Å². The molecule has 1 amide bonds. The number of rotatable bonds is 6. The van der Waals surface area contributed by atoms with Crippen molar-refractivity contribution >= 4 is 60.8 Å². The number of carbonyl (C=O) groups is 1. The van der Waals surface area contributed by atoms with Crippen molar-refractivity contribution in [3.63, 3.8) is 0 Å². The van der Waals surface area contributed by atoms with Gasteiger partial charge in [0.1, 0.15) is 15.9 Å². The number of anilines is 1. The summed E-state index contributed by atoms with van der Waals surface area (Å²) in [7, 11) is 1.80. The lowest BCUT2D eigenvalue weighted by molar-refractivity contribution is -0.115. The first kappa shape index (κ1) is 23.4. The topological polar surface area (TPSA) is 76.3 Å². The van der Waals surface area contributed by atoms with Crippen molar-refractivity contribution in [2.24, 2.45) is 5.92 Å². The molecule has 4 aromatic heterocycles. The first-order valence-corrected chi connectivity index (χ1v) is 14.2. The molecule has 9 heteroatoms. The van der Waals surface area contributed by atoms with Crippen molar-refractivity contribution in [3.05, 3.63) is 53.5 Å². The fourth-order valence-electron chi connectivity index (χ4n) is 5.05. The minimum absolute atomic E-state index is 0.00681. The number of hydrogen-bond acceptors (Lipinski definition) is 7. The SMILES string of the molecule is CC(C)Cc1nc2sc3c(ncn4c(SCC(=O)N(C)c5ccccc5)nnc34)c2c2c1CCCC2. The van der Waals surface area contributed by atoms with Gasteiger partial charge in [-0.2, -0.15) is 0 Å². The highest BCUT2D eigenvalue weighted by Crippen LogP contribution is 2.40. The fourth-order valence-corrected chi connectivity index (χ4v) is 7.02. The largest absolute Gasteiger partial charge is 0.315 e. The molecule has 1 aromatic carbocycles. The Hall–Kier alpha value is -3.04. The number of aromatic nitrogens is 5. The number of amides is 1. The van der Waals surface area contributed by atoms with E-state index in [9.17, 15) is 4.79 Å². The smallest absolute Gasteiger partial charge is 0.237 e. The Kier molecular flexibility index (Phi) is 6.13. The third-order valence-corrected chi connectivity index (χ3v) is 8.83. The quantitative estimate of drug-likeness (QED) is 0.269. The van der Waals surface area contributed by atoms with Crippen LogP contribution in [0.1, 0.15) is 43.5 Å². The molecule has 4 heterocycles. The second kappa shape index (κ2) is 9.44. The third kappa shape index (κ3) is 4.04. The van der Waals surface area contributed by atoms with Crippen LogP contribution >= 0.6 is 23.1 Å². The lowest BCUT2D eigenvalue weighted by Gasteiger charge is -2.20. The molecule has 36 heavy (non-hydrogen) atoms. The molecular weight excluding hydrogens is 488 g/mol. The Morgan fingerprint density at radius 2 is 1.92 bits per heavy atom. The van der Waals surface area contributed by atoms with Crippen LogP contribution in [0.15, 0.2) is 41.8 Å². The molecule has 0 spiro atoms. The van der Waals surface area contributed by atoms with Gasteiger partial charge in [0.15, 0.2) is 10.8 Å². The minimum atomic E-state index is 0.00681. The van der Waals surface area contributed by atoms with E-state index in [0.29, 0.717) is 11.1 Å². The van der Waals surface area contributed by atoms with Crippen LogP contribution in [0.3, 0.4) is 0 Å². The minimum Gasteiger partial charge on any atom is -0.315 e. The first-order valence-electron chi connectivity index (χ1n) is 12.4. The molecule has 0 aliphatic heterocycles. The van der Waals surface area contributed by atoms with Crippen LogP contribution in [0.4, 0.5) is 5.69 Å². The number of aryl methyl sites for hydroxylation is 1. The summed E-state index contributed by atoms with van der Waals surface area (Å²) >= 11 is 3.05. The van der Waals surface area contributed by atoms with Gasteiger partial charge in [0.25, 0.3) is 0 Å². The molecule has 0 N–H and O–H groups in total. The van der Waals surface area contributed by atoms with Crippen molar-refractivity contribution in [1.82, 2.24) is 24.6 Å². The standard InChI is InChI=1S/C27H28N6OS2/c1-16(2)13-20-18-11-7-8-12-19(18)22-23-24(36-26(22)29-20)25-30-31-27(33(25)15-28-23)35-14-21(34)32(3)17-9-5-4-6-10-17/h4-6,9-10,15-16H,7-8,11-14H2,1-3H3. The molecule has 0 unspecified atom stereocenters. The Bertz CT molecular complexity index is 1590. The Morgan fingerprint density at radius 1 is 1.14 bits per heavy atom. The van der Waals surface area contributed by atoms with Gasteiger partial charge < -0.3 is 4.90 Å². The summed E-state index contributed by atoms with van der Waals surface area (Å²) in [5.74, 6) is 0.844. The van der Waals surface area contributed by atoms with Gasteiger partial charge in [-0.25, -0.2) is 9.97 Å². The van der Waals surface area contributed by atoms with Crippen molar-refractivity contribution < 1.29 is 4.79 Å². The predicted octanol–water partition coefficient (Wildman–Crippen LogP) is 5.72. The molecule has 0 bridgehead atoms. The summed E-state index contributed by atoms with van der Waals surface area (Å²) in [5.41, 5.74) is 6.78. The summed E-state index contributed by atoms with van der Waals surface area (Å²) in [4.78, 5) is 25.5. The lowest BCUT2D eigenvalue weighted by Crippen LogP contribution is -2.27. The van der Waals surface area contributed by atoms with Crippen molar-refractivity contribution in [2.75, 3.05) is 17.7 Å². The van der Waals surface area contributed by atoms with E-state index in [1.54, 1.807) is 29.6 Å². The fraction of sp³-hybridized carbons (Fsp3) is 0.370. The number of benzene rings is 1. The monoisotopic (exact) mass is 516 g/mol. The maximum absolute atomic E-state index is 12.8. The highest BCUT2D eigenvalue weighted by molar-refractivity contribution is 7.99. The van der Waals surface area contributed by atoms with Gasteiger partial charge in [-0.05, 0) is 61.3 Å².